The zero-order chi connectivity index (χ0) is 13.1. The SMILES string of the molecule is CC(C)(C)S(=O)(=O)CCNc1ccc(I)cc1. The van der Waals surface area contributed by atoms with Crippen molar-refractivity contribution in [3.05, 3.63) is 27.8 Å². The molecule has 0 fully saturated rings. The molecule has 0 heterocycles. The molecule has 0 aliphatic carbocycles. The largest absolute Gasteiger partial charge is 0.384 e. The number of hydrogen-bond donors (Lipinski definition) is 1. The zero-order valence-electron chi connectivity index (χ0n) is 10.3. The van der Waals surface area contributed by atoms with E-state index in [0.29, 0.717) is 6.54 Å². The minimum absolute atomic E-state index is 0.155. The van der Waals surface area contributed by atoms with Crippen LogP contribution >= 0.6 is 22.6 Å². The lowest BCUT2D eigenvalue weighted by Crippen LogP contribution is -2.32. The van der Waals surface area contributed by atoms with Crippen molar-refractivity contribution in [3.63, 3.8) is 0 Å². The van der Waals surface area contributed by atoms with E-state index < -0.39 is 14.6 Å². The molecule has 0 aromatic heterocycles. The molecule has 17 heavy (non-hydrogen) atoms. The number of sulfone groups is 1. The van der Waals surface area contributed by atoms with Crippen molar-refractivity contribution < 1.29 is 8.42 Å². The van der Waals surface area contributed by atoms with Crippen molar-refractivity contribution in [3.8, 4) is 0 Å². The van der Waals surface area contributed by atoms with Crippen molar-refractivity contribution in [2.24, 2.45) is 0 Å². The van der Waals surface area contributed by atoms with E-state index in [4.69, 9.17) is 0 Å². The molecule has 1 rings (SSSR count). The van der Waals surface area contributed by atoms with Crippen molar-refractivity contribution in [2.45, 2.75) is 25.5 Å². The minimum Gasteiger partial charge on any atom is -0.384 e. The molecule has 0 saturated heterocycles. The summed E-state index contributed by atoms with van der Waals surface area (Å²) >= 11 is 2.23. The monoisotopic (exact) mass is 367 g/mol. The Morgan fingerprint density at radius 3 is 2.18 bits per heavy atom. The van der Waals surface area contributed by atoms with Gasteiger partial charge in [-0.15, -0.1) is 0 Å². The van der Waals surface area contributed by atoms with Gasteiger partial charge in [0.15, 0.2) is 9.84 Å². The summed E-state index contributed by atoms with van der Waals surface area (Å²) in [4.78, 5) is 0. The van der Waals surface area contributed by atoms with Gasteiger partial charge in [0, 0.05) is 15.8 Å². The lowest BCUT2D eigenvalue weighted by atomic mass is 10.3. The number of hydrogen-bond acceptors (Lipinski definition) is 3. The van der Waals surface area contributed by atoms with Gasteiger partial charge in [0.05, 0.1) is 10.5 Å². The van der Waals surface area contributed by atoms with E-state index in [1.54, 1.807) is 20.8 Å². The molecule has 0 aliphatic heterocycles. The first kappa shape index (κ1) is 14.8. The fraction of sp³-hybridized carbons (Fsp3) is 0.500. The highest BCUT2D eigenvalue weighted by molar-refractivity contribution is 14.1. The molecule has 1 N–H and O–H groups in total. The standard InChI is InChI=1S/C12H18INO2S/c1-12(2,3)17(15,16)9-8-14-11-6-4-10(13)5-7-11/h4-7,14H,8-9H2,1-3H3. The van der Waals surface area contributed by atoms with Crippen LogP contribution in [0.3, 0.4) is 0 Å². The molecule has 5 heteroatoms. The van der Waals surface area contributed by atoms with Gasteiger partial charge in [-0.3, -0.25) is 0 Å². The fourth-order valence-corrected chi connectivity index (χ4v) is 2.55. The van der Waals surface area contributed by atoms with Crippen molar-refractivity contribution in [1.29, 1.82) is 0 Å². The quantitative estimate of drug-likeness (QED) is 0.833. The first-order chi connectivity index (χ1) is 7.72. The average molecular weight is 367 g/mol. The topological polar surface area (TPSA) is 46.2 Å². The molecular weight excluding hydrogens is 349 g/mol. The van der Waals surface area contributed by atoms with Crippen molar-refractivity contribution in [2.75, 3.05) is 17.6 Å². The van der Waals surface area contributed by atoms with E-state index in [-0.39, 0.29) is 5.75 Å². The molecule has 0 atom stereocenters. The molecule has 96 valence electrons. The Morgan fingerprint density at radius 1 is 1.18 bits per heavy atom. The van der Waals surface area contributed by atoms with Crippen LogP contribution in [0.5, 0.6) is 0 Å². The van der Waals surface area contributed by atoms with E-state index in [9.17, 15) is 8.42 Å². The van der Waals surface area contributed by atoms with Crippen LogP contribution in [0.2, 0.25) is 0 Å². The summed E-state index contributed by atoms with van der Waals surface area (Å²) in [6.45, 7) is 5.63. The maximum Gasteiger partial charge on any atom is 0.156 e. The molecule has 1 aromatic carbocycles. The summed E-state index contributed by atoms with van der Waals surface area (Å²) in [6, 6.07) is 7.87. The molecule has 0 bridgehead atoms. The summed E-state index contributed by atoms with van der Waals surface area (Å²) < 4.78 is 24.2. The number of nitrogens with one attached hydrogen (secondary N) is 1. The molecule has 1 aromatic rings. The van der Waals surface area contributed by atoms with Crippen LogP contribution in [0, 0.1) is 3.57 Å². The minimum atomic E-state index is -3.04. The Balaban J connectivity index is 2.52. The zero-order valence-corrected chi connectivity index (χ0v) is 13.3. The Bertz CT molecular complexity index is 460. The third-order valence-electron chi connectivity index (χ3n) is 2.48. The second kappa shape index (κ2) is 5.56. The highest BCUT2D eigenvalue weighted by atomic mass is 127. The Morgan fingerprint density at radius 2 is 1.71 bits per heavy atom. The molecule has 0 saturated carbocycles. The number of rotatable bonds is 4. The molecule has 0 unspecified atom stereocenters. The normalized spacial score (nSPS) is 12.5. The highest BCUT2D eigenvalue weighted by Crippen LogP contribution is 2.16. The molecule has 0 amide bonds. The van der Waals surface area contributed by atoms with Crippen molar-refractivity contribution in [1.82, 2.24) is 0 Å². The van der Waals surface area contributed by atoms with Crippen LogP contribution < -0.4 is 5.32 Å². The number of anilines is 1. The summed E-state index contributed by atoms with van der Waals surface area (Å²) in [7, 11) is -3.04. The molecule has 3 nitrogen and oxygen atoms in total. The summed E-state index contributed by atoms with van der Waals surface area (Å²) in [5, 5.41) is 3.12. The van der Waals surface area contributed by atoms with Crippen LogP contribution in [0.4, 0.5) is 5.69 Å². The molecule has 0 aliphatic rings. The van der Waals surface area contributed by atoms with Crippen LogP contribution in [0.1, 0.15) is 20.8 Å². The van der Waals surface area contributed by atoms with Gasteiger partial charge in [0.25, 0.3) is 0 Å². The first-order valence-corrected chi connectivity index (χ1v) is 8.17. The number of halogens is 1. The van der Waals surface area contributed by atoms with E-state index in [2.05, 4.69) is 27.9 Å². The van der Waals surface area contributed by atoms with E-state index in [0.717, 1.165) is 9.26 Å². The fourth-order valence-electron chi connectivity index (χ4n) is 1.20. The van der Waals surface area contributed by atoms with Crippen LogP contribution in [0.15, 0.2) is 24.3 Å². The predicted molar refractivity (Wildman–Crippen MR) is 81.2 cm³/mol. The Kier molecular flexibility index (Phi) is 4.83. The highest BCUT2D eigenvalue weighted by Gasteiger charge is 2.28. The maximum absolute atomic E-state index is 11.9. The third-order valence-corrected chi connectivity index (χ3v) is 5.80. The Hall–Kier alpha value is -0.300. The second-order valence-corrected chi connectivity index (χ2v) is 8.97. The number of benzene rings is 1. The molecule has 0 spiro atoms. The van der Waals surface area contributed by atoms with E-state index in [1.165, 1.54) is 0 Å². The third kappa shape index (κ3) is 4.46. The van der Waals surface area contributed by atoms with Gasteiger partial charge < -0.3 is 5.32 Å². The predicted octanol–water partition coefficient (Wildman–Crippen LogP) is 2.92. The van der Waals surface area contributed by atoms with Gasteiger partial charge in [0.1, 0.15) is 0 Å². The van der Waals surface area contributed by atoms with Gasteiger partial charge in [-0.25, -0.2) is 8.42 Å². The lowest BCUT2D eigenvalue weighted by Gasteiger charge is -2.19. The molecular formula is C12H18INO2S. The summed E-state index contributed by atoms with van der Waals surface area (Å²) in [5.41, 5.74) is 0.953. The van der Waals surface area contributed by atoms with E-state index >= 15 is 0 Å². The summed E-state index contributed by atoms with van der Waals surface area (Å²) in [6.07, 6.45) is 0. The van der Waals surface area contributed by atoms with Gasteiger partial charge in [-0.2, -0.15) is 0 Å². The van der Waals surface area contributed by atoms with Gasteiger partial charge in [-0.1, -0.05) is 0 Å². The van der Waals surface area contributed by atoms with Gasteiger partial charge >= 0.3 is 0 Å². The second-order valence-electron chi connectivity index (χ2n) is 4.86. The van der Waals surface area contributed by atoms with Crippen LogP contribution in [0.25, 0.3) is 0 Å². The first-order valence-electron chi connectivity index (χ1n) is 5.44. The van der Waals surface area contributed by atoms with Crippen LogP contribution in [-0.2, 0) is 9.84 Å². The smallest absolute Gasteiger partial charge is 0.156 e. The average Bonchev–Trinajstić information content (AvgIpc) is 2.19. The van der Waals surface area contributed by atoms with Gasteiger partial charge in [0.2, 0.25) is 0 Å². The Labute approximate surface area is 117 Å². The van der Waals surface area contributed by atoms with Crippen LogP contribution in [-0.4, -0.2) is 25.5 Å². The van der Waals surface area contributed by atoms with Crippen molar-refractivity contribution >= 4 is 38.1 Å². The maximum atomic E-state index is 11.9. The summed E-state index contributed by atoms with van der Waals surface area (Å²) in [5.74, 6) is 0.155. The lowest BCUT2D eigenvalue weighted by molar-refractivity contribution is 0.560. The van der Waals surface area contributed by atoms with Gasteiger partial charge in [-0.05, 0) is 67.6 Å². The van der Waals surface area contributed by atoms with E-state index in [1.807, 2.05) is 24.3 Å². The molecule has 0 radical (unpaired) electrons.